The van der Waals surface area contributed by atoms with Crippen LogP contribution in [0.5, 0.6) is 0 Å². The molecule has 2 aromatic rings. The van der Waals surface area contributed by atoms with Gasteiger partial charge in [0.25, 0.3) is 0 Å². The summed E-state index contributed by atoms with van der Waals surface area (Å²) in [7, 11) is 0. The first-order valence-corrected chi connectivity index (χ1v) is 5.13. The zero-order valence-corrected chi connectivity index (χ0v) is 8.11. The van der Waals surface area contributed by atoms with Gasteiger partial charge in [0.1, 0.15) is 17.9 Å². The van der Waals surface area contributed by atoms with Gasteiger partial charge >= 0.3 is 0 Å². The van der Waals surface area contributed by atoms with Gasteiger partial charge in [0.05, 0.1) is 0 Å². The van der Waals surface area contributed by atoms with Gasteiger partial charge in [-0.25, -0.2) is 4.98 Å². The standard InChI is InChI=1S/C11H13N3/c12-5-10-7-14-6-9(8-1-2-8)3-4-11(14)13-10/h3-4,6-8H,1-2,5,12H2/p+1. The van der Waals surface area contributed by atoms with E-state index in [0.29, 0.717) is 0 Å². The molecule has 3 rings (SSSR count). The molecule has 0 aliphatic heterocycles. The van der Waals surface area contributed by atoms with Gasteiger partial charge < -0.3 is 10.1 Å². The van der Waals surface area contributed by atoms with E-state index < -0.39 is 0 Å². The lowest BCUT2D eigenvalue weighted by molar-refractivity contribution is -0.387. The molecule has 2 heterocycles. The molecule has 0 spiro atoms. The minimum Gasteiger partial charge on any atom is -0.352 e. The van der Waals surface area contributed by atoms with Gasteiger partial charge in [0.15, 0.2) is 0 Å². The fourth-order valence-corrected chi connectivity index (χ4v) is 1.84. The Bertz CT molecular complexity index is 468. The number of aromatic nitrogens is 2. The molecule has 0 atom stereocenters. The van der Waals surface area contributed by atoms with Crippen LogP contribution < -0.4 is 5.73 Å². The number of hydrogen-bond acceptors (Lipinski definition) is 1. The molecule has 0 aromatic carbocycles. The Morgan fingerprint density at radius 3 is 2.93 bits per heavy atom. The molecule has 3 heteroatoms. The lowest BCUT2D eigenvalue weighted by Gasteiger charge is -1.98. The number of nitrogens with zero attached hydrogens (tertiary/aromatic N) is 2. The molecule has 1 fully saturated rings. The van der Waals surface area contributed by atoms with E-state index in [1.807, 2.05) is 0 Å². The van der Waals surface area contributed by atoms with Crippen molar-refractivity contribution in [3.8, 4) is 0 Å². The van der Waals surface area contributed by atoms with Gasteiger partial charge in [-0.1, -0.05) is 6.07 Å². The first-order valence-electron chi connectivity index (χ1n) is 5.13. The fourth-order valence-electron chi connectivity index (χ4n) is 1.84. The number of hydrogen-bond donors (Lipinski definition) is 1. The predicted octanol–water partition coefficient (Wildman–Crippen LogP) is 0.954. The number of fused-ring (bicyclic) bond motifs is 1. The van der Waals surface area contributed by atoms with Gasteiger partial charge in [-0.05, 0) is 30.4 Å². The van der Waals surface area contributed by atoms with Crippen LogP contribution in [0.25, 0.3) is 5.65 Å². The normalized spacial score (nSPS) is 16.4. The second-order valence-electron chi connectivity index (χ2n) is 3.98. The van der Waals surface area contributed by atoms with Crippen molar-refractivity contribution < 1.29 is 5.73 Å². The molecular formula is C11H14N3+. The van der Waals surface area contributed by atoms with Crippen LogP contribution in [0.15, 0.2) is 24.5 Å². The Morgan fingerprint density at radius 1 is 1.36 bits per heavy atom. The second kappa shape index (κ2) is 2.82. The largest absolute Gasteiger partial charge is 0.352 e. The van der Waals surface area contributed by atoms with Crippen LogP contribution in [0.1, 0.15) is 30.0 Å². The highest BCUT2D eigenvalue weighted by atomic mass is 15.0. The van der Waals surface area contributed by atoms with Crippen LogP contribution in [0.3, 0.4) is 0 Å². The van der Waals surface area contributed by atoms with Crippen LogP contribution >= 0.6 is 0 Å². The molecule has 2 aromatic heterocycles. The summed E-state index contributed by atoms with van der Waals surface area (Å²) in [4.78, 5) is 4.45. The molecule has 14 heavy (non-hydrogen) atoms. The molecule has 1 aliphatic carbocycles. The van der Waals surface area contributed by atoms with Gasteiger partial charge in [0, 0.05) is 12.4 Å². The van der Waals surface area contributed by atoms with Crippen molar-refractivity contribution in [1.82, 2.24) is 9.38 Å². The summed E-state index contributed by atoms with van der Waals surface area (Å²) >= 11 is 0. The van der Waals surface area contributed by atoms with Crippen LogP contribution in [0, 0.1) is 0 Å². The molecule has 0 radical (unpaired) electrons. The molecule has 1 saturated carbocycles. The molecule has 0 saturated heterocycles. The number of imidazole rings is 1. The van der Waals surface area contributed by atoms with Crippen LogP contribution in [0.4, 0.5) is 0 Å². The van der Waals surface area contributed by atoms with E-state index in [-0.39, 0.29) is 0 Å². The smallest absolute Gasteiger partial charge is 0.137 e. The summed E-state index contributed by atoms with van der Waals surface area (Å²) in [6.07, 6.45) is 6.98. The first kappa shape index (κ1) is 8.00. The van der Waals surface area contributed by atoms with Crippen LogP contribution in [-0.4, -0.2) is 9.38 Å². The summed E-state index contributed by atoms with van der Waals surface area (Å²) in [5.41, 5.74) is 7.40. The lowest BCUT2D eigenvalue weighted by atomic mass is 10.2. The van der Waals surface area contributed by atoms with E-state index in [2.05, 4.69) is 39.6 Å². The second-order valence-corrected chi connectivity index (χ2v) is 3.98. The number of pyridine rings is 1. The molecule has 0 amide bonds. The number of rotatable bonds is 2. The van der Waals surface area contributed by atoms with E-state index in [0.717, 1.165) is 23.8 Å². The molecule has 3 N–H and O–H groups in total. The molecule has 3 nitrogen and oxygen atoms in total. The molecule has 1 aliphatic rings. The van der Waals surface area contributed by atoms with Gasteiger partial charge in [-0.15, -0.1) is 0 Å². The Morgan fingerprint density at radius 2 is 2.21 bits per heavy atom. The van der Waals surface area contributed by atoms with Crippen LogP contribution in [0.2, 0.25) is 0 Å². The summed E-state index contributed by atoms with van der Waals surface area (Å²) in [6.45, 7) is 0.764. The van der Waals surface area contributed by atoms with Gasteiger partial charge in [-0.2, -0.15) is 0 Å². The SMILES string of the molecule is [NH3+]Cc1cn2cc(C3CC3)ccc2n1. The Hall–Kier alpha value is -1.35. The topological polar surface area (TPSA) is 44.9 Å². The number of quaternary nitrogens is 1. The molecule has 0 bridgehead atoms. The van der Waals surface area contributed by atoms with E-state index in [9.17, 15) is 0 Å². The van der Waals surface area contributed by atoms with E-state index in [4.69, 9.17) is 0 Å². The highest BCUT2D eigenvalue weighted by molar-refractivity contribution is 5.42. The van der Waals surface area contributed by atoms with Crippen molar-refractivity contribution in [2.45, 2.75) is 25.3 Å². The van der Waals surface area contributed by atoms with Gasteiger partial charge in [-0.3, -0.25) is 0 Å². The Balaban J connectivity index is 2.12. The highest BCUT2D eigenvalue weighted by Gasteiger charge is 2.23. The predicted molar refractivity (Wildman–Crippen MR) is 53.8 cm³/mol. The fraction of sp³-hybridized carbons (Fsp3) is 0.364. The monoisotopic (exact) mass is 188 g/mol. The Labute approximate surface area is 82.6 Å². The zero-order chi connectivity index (χ0) is 9.54. The summed E-state index contributed by atoms with van der Waals surface area (Å²) in [5.74, 6) is 0.810. The average Bonchev–Trinajstić information content (AvgIpc) is 2.97. The highest BCUT2D eigenvalue weighted by Crippen LogP contribution is 2.39. The molecule has 0 unspecified atom stereocenters. The third-order valence-corrected chi connectivity index (χ3v) is 2.83. The van der Waals surface area contributed by atoms with E-state index in [1.54, 1.807) is 0 Å². The van der Waals surface area contributed by atoms with Gasteiger partial charge in [0.2, 0.25) is 0 Å². The first-order chi connectivity index (χ1) is 6.86. The van der Waals surface area contributed by atoms with Crippen molar-refractivity contribution in [3.05, 3.63) is 35.8 Å². The maximum Gasteiger partial charge on any atom is 0.137 e. The summed E-state index contributed by atoms with van der Waals surface area (Å²) in [6, 6.07) is 4.31. The van der Waals surface area contributed by atoms with Crippen molar-refractivity contribution in [2.24, 2.45) is 0 Å². The van der Waals surface area contributed by atoms with Crippen molar-refractivity contribution in [2.75, 3.05) is 0 Å². The zero-order valence-electron chi connectivity index (χ0n) is 8.11. The summed E-state index contributed by atoms with van der Waals surface area (Å²) < 4.78 is 2.12. The molecule has 72 valence electrons. The third-order valence-electron chi connectivity index (χ3n) is 2.83. The minimum atomic E-state index is 0.764. The van der Waals surface area contributed by atoms with E-state index in [1.165, 1.54) is 18.4 Å². The van der Waals surface area contributed by atoms with Crippen molar-refractivity contribution in [1.29, 1.82) is 0 Å². The maximum absolute atomic E-state index is 4.45. The average molecular weight is 188 g/mol. The van der Waals surface area contributed by atoms with E-state index >= 15 is 0 Å². The maximum atomic E-state index is 4.45. The molecular weight excluding hydrogens is 174 g/mol. The Kier molecular flexibility index (Phi) is 1.61. The van der Waals surface area contributed by atoms with Crippen LogP contribution in [-0.2, 0) is 6.54 Å². The quantitative estimate of drug-likeness (QED) is 0.749. The van der Waals surface area contributed by atoms with Crippen molar-refractivity contribution >= 4 is 5.65 Å². The summed E-state index contributed by atoms with van der Waals surface area (Å²) in [5, 5.41) is 0. The lowest BCUT2D eigenvalue weighted by Crippen LogP contribution is -2.47. The van der Waals surface area contributed by atoms with Crippen molar-refractivity contribution in [3.63, 3.8) is 0 Å². The third kappa shape index (κ3) is 1.21. The minimum absolute atomic E-state index is 0.764.